The molecule has 108 valence electrons. The lowest BCUT2D eigenvalue weighted by molar-refractivity contribution is 0.0667. The smallest absolute Gasteiger partial charge is 0.257 e. The summed E-state index contributed by atoms with van der Waals surface area (Å²) in [6, 6.07) is 7.18. The number of aromatic hydroxyl groups is 1. The monoisotopic (exact) mass is 274 g/mol. The number of nitrogens with one attached hydrogen (secondary N) is 1. The fourth-order valence-corrected chi connectivity index (χ4v) is 3.55. The number of phenolic OH excluding ortho intramolecular Hbond substituents is 1. The number of nitrogens with zero attached hydrogens (tertiary/aromatic N) is 1. The minimum Gasteiger partial charge on any atom is -0.507 e. The van der Waals surface area contributed by atoms with Gasteiger partial charge < -0.3 is 15.3 Å². The normalized spacial score (nSPS) is 26.7. The SMILES string of the molecule is O=C(c1ccccc1O)N1CCCC1C1CCCNC1. The van der Waals surface area contributed by atoms with Gasteiger partial charge in [-0.1, -0.05) is 12.1 Å². The summed E-state index contributed by atoms with van der Waals surface area (Å²) in [4.78, 5) is 14.6. The fraction of sp³-hybridized carbons (Fsp3) is 0.562. The number of piperidine rings is 1. The maximum absolute atomic E-state index is 12.7. The number of likely N-dealkylation sites (tertiary alicyclic amines) is 1. The lowest BCUT2D eigenvalue weighted by Gasteiger charge is -2.34. The first-order valence-electron chi connectivity index (χ1n) is 7.57. The Kier molecular flexibility index (Phi) is 3.92. The van der Waals surface area contributed by atoms with Crippen LogP contribution in [0.4, 0.5) is 0 Å². The number of amides is 1. The standard InChI is InChI=1S/C16H22N2O2/c19-15-8-2-1-6-13(15)16(20)18-10-4-7-14(18)12-5-3-9-17-11-12/h1-2,6,8,12,14,17,19H,3-5,7,9-11H2. The maximum Gasteiger partial charge on any atom is 0.257 e. The van der Waals surface area contributed by atoms with Crippen molar-refractivity contribution in [2.45, 2.75) is 31.7 Å². The molecule has 2 saturated heterocycles. The molecular weight excluding hydrogens is 252 g/mol. The zero-order valence-electron chi connectivity index (χ0n) is 11.7. The number of carbonyl (C=O) groups excluding carboxylic acids is 1. The Balaban J connectivity index is 1.78. The molecule has 0 radical (unpaired) electrons. The van der Waals surface area contributed by atoms with Crippen LogP contribution in [0.25, 0.3) is 0 Å². The van der Waals surface area contributed by atoms with Crippen LogP contribution in [0.1, 0.15) is 36.0 Å². The Morgan fingerprint density at radius 2 is 2.10 bits per heavy atom. The van der Waals surface area contributed by atoms with E-state index in [1.165, 1.54) is 12.8 Å². The Bertz CT molecular complexity index is 483. The number of benzene rings is 1. The van der Waals surface area contributed by atoms with Gasteiger partial charge in [0.15, 0.2) is 0 Å². The van der Waals surface area contributed by atoms with E-state index in [0.29, 0.717) is 17.5 Å². The fourth-order valence-electron chi connectivity index (χ4n) is 3.55. The van der Waals surface area contributed by atoms with Crippen molar-refractivity contribution in [2.75, 3.05) is 19.6 Å². The molecule has 1 aromatic carbocycles. The first-order valence-corrected chi connectivity index (χ1v) is 7.57. The van der Waals surface area contributed by atoms with Crippen molar-refractivity contribution in [3.05, 3.63) is 29.8 Å². The summed E-state index contributed by atoms with van der Waals surface area (Å²) >= 11 is 0. The first kappa shape index (κ1) is 13.4. The van der Waals surface area contributed by atoms with Crippen LogP contribution in [0, 0.1) is 5.92 Å². The lowest BCUT2D eigenvalue weighted by atomic mass is 9.90. The molecule has 0 spiro atoms. The Labute approximate surface area is 119 Å². The van der Waals surface area contributed by atoms with Crippen molar-refractivity contribution in [3.63, 3.8) is 0 Å². The predicted molar refractivity (Wildman–Crippen MR) is 77.8 cm³/mol. The average molecular weight is 274 g/mol. The number of hydrogen-bond acceptors (Lipinski definition) is 3. The number of para-hydroxylation sites is 1. The molecule has 4 nitrogen and oxygen atoms in total. The second kappa shape index (κ2) is 5.83. The van der Waals surface area contributed by atoms with Crippen LogP contribution in [0.3, 0.4) is 0 Å². The van der Waals surface area contributed by atoms with Crippen LogP contribution >= 0.6 is 0 Å². The van der Waals surface area contributed by atoms with E-state index < -0.39 is 0 Å². The predicted octanol–water partition coefficient (Wildman–Crippen LogP) is 2.00. The van der Waals surface area contributed by atoms with Crippen LogP contribution in [0.2, 0.25) is 0 Å². The van der Waals surface area contributed by atoms with Crippen LogP contribution < -0.4 is 5.32 Å². The molecule has 2 heterocycles. The van der Waals surface area contributed by atoms with E-state index in [0.717, 1.165) is 32.5 Å². The van der Waals surface area contributed by atoms with Crippen LogP contribution in [0.15, 0.2) is 24.3 Å². The second-order valence-electron chi connectivity index (χ2n) is 5.83. The molecule has 1 amide bonds. The highest BCUT2D eigenvalue weighted by molar-refractivity contribution is 5.97. The Morgan fingerprint density at radius 3 is 2.85 bits per heavy atom. The molecule has 2 aliphatic heterocycles. The zero-order valence-corrected chi connectivity index (χ0v) is 11.7. The van der Waals surface area contributed by atoms with E-state index in [4.69, 9.17) is 0 Å². The summed E-state index contributed by atoms with van der Waals surface area (Å²) in [7, 11) is 0. The third kappa shape index (κ3) is 2.52. The maximum atomic E-state index is 12.7. The number of hydrogen-bond donors (Lipinski definition) is 2. The van der Waals surface area contributed by atoms with Gasteiger partial charge in [0.2, 0.25) is 0 Å². The van der Waals surface area contributed by atoms with E-state index in [1.807, 2.05) is 4.90 Å². The number of rotatable bonds is 2. The summed E-state index contributed by atoms with van der Waals surface area (Å²) in [5.41, 5.74) is 0.433. The molecule has 2 fully saturated rings. The molecule has 2 N–H and O–H groups in total. The van der Waals surface area contributed by atoms with Gasteiger partial charge in [-0.3, -0.25) is 4.79 Å². The molecular formula is C16H22N2O2. The highest BCUT2D eigenvalue weighted by atomic mass is 16.3. The zero-order chi connectivity index (χ0) is 13.9. The van der Waals surface area contributed by atoms with Gasteiger partial charge in [-0.2, -0.15) is 0 Å². The van der Waals surface area contributed by atoms with Gasteiger partial charge in [0, 0.05) is 12.6 Å². The molecule has 2 unspecified atom stereocenters. The highest BCUT2D eigenvalue weighted by Gasteiger charge is 2.36. The van der Waals surface area contributed by atoms with Gasteiger partial charge in [0.1, 0.15) is 5.75 Å². The van der Waals surface area contributed by atoms with Crippen molar-refractivity contribution in [1.82, 2.24) is 10.2 Å². The largest absolute Gasteiger partial charge is 0.507 e. The molecule has 0 aromatic heterocycles. The molecule has 2 aliphatic rings. The molecule has 0 bridgehead atoms. The third-order valence-corrected chi connectivity index (χ3v) is 4.57. The topological polar surface area (TPSA) is 52.6 Å². The van der Waals surface area contributed by atoms with Gasteiger partial charge >= 0.3 is 0 Å². The lowest BCUT2D eigenvalue weighted by Crippen LogP contribution is -2.45. The number of phenols is 1. The molecule has 0 aliphatic carbocycles. The van der Waals surface area contributed by atoms with Crippen LogP contribution in [0.5, 0.6) is 5.75 Å². The van der Waals surface area contributed by atoms with Crippen LogP contribution in [-0.2, 0) is 0 Å². The van der Waals surface area contributed by atoms with Gasteiger partial charge in [-0.25, -0.2) is 0 Å². The van der Waals surface area contributed by atoms with E-state index >= 15 is 0 Å². The summed E-state index contributed by atoms with van der Waals surface area (Å²) in [5.74, 6) is 0.627. The second-order valence-corrected chi connectivity index (χ2v) is 5.83. The summed E-state index contributed by atoms with van der Waals surface area (Å²) in [6.07, 6.45) is 4.55. The molecule has 0 saturated carbocycles. The minimum absolute atomic E-state index is 0.0174. The quantitative estimate of drug-likeness (QED) is 0.867. The summed E-state index contributed by atoms with van der Waals surface area (Å²) < 4.78 is 0. The molecule has 3 rings (SSSR count). The van der Waals surface area contributed by atoms with Crippen molar-refractivity contribution >= 4 is 5.91 Å². The van der Waals surface area contributed by atoms with E-state index in [1.54, 1.807) is 24.3 Å². The average Bonchev–Trinajstić information content (AvgIpc) is 2.97. The minimum atomic E-state index is -0.0174. The highest BCUT2D eigenvalue weighted by Crippen LogP contribution is 2.30. The third-order valence-electron chi connectivity index (χ3n) is 4.57. The van der Waals surface area contributed by atoms with E-state index in [9.17, 15) is 9.90 Å². The van der Waals surface area contributed by atoms with Crippen molar-refractivity contribution in [3.8, 4) is 5.75 Å². The Morgan fingerprint density at radius 1 is 1.25 bits per heavy atom. The van der Waals surface area contributed by atoms with E-state index in [2.05, 4.69) is 5.32 Å². The molecule has 20 heavy (non-hydrogen) atoms. The summed E-state index contributed by atoms with van der Waals surface area (Å²) in [6.45, 7) is 2.92. The number of carbonyl (C=O) groups is 1. The molecule has 2 atom stereocenters. The van der Waals surface area contributed by atoms with Gasteiger partial charge in [0.05, 0.1) is 5.56 Å². The van der Waals surface area contributed by atoms with Gasteiger partial charge in [0.25, 0.3) is 5.91 Å². The molecule has 1 aromatic rings. The van der Waals surface area contributed by atoms with Gasteiger partial charge in [-0.05, 0) is 56.8 Å². The van der Waals surface area contributed by atoms with Crippen molar-refractivity contribution in [1.29, 1.82) is 0 Å². The van der Waals surface area contributed by atoms with Gasteiger partial charge in [-0.15, -0.1) is 0 Å². The summed E-state index contributed by atoms with van der Waals surface area (Å²) in [5, 5.41) is 13.3. The molecule has 4 heteroatoms. The Hall–Kier alpha value is -1.55. The first-order chi connectivity index (χ1) is 9.77. The van der Waals surface area contributed by atoms with Crippen molar-refractivity contribution in [2.24, 2.45) is 5.92 Å². The van der Waals surface area contributed by atoms with Crippen molar-refractivity contribution < 1.29 is 9.90 Å². The van der Waals surface area contributed by atoms with E-state index in [-0.39, 0.29) is 11.7 Å². The van der Waals surface area contributed by atoms with Crippen LogP contribution in [-0.4, -0.2) is 41.6 Å².